The fraction of sp³-hybridized carbons (Fsp3) is 0.500. The Morgan fingerprint density at radius 3 is 2.44 bits per heavy atom. The summed E-state index contributed by atoms with van der Waals surface area (Å²) in [4.78, 5) is 4.30. The topological polar surface area (TPSA) is 65.4 Å². The van der Waals surface area contributed by atoms with Gasteiger partial charge in [-0.15, -0.1) is 0 Å². The maximum atomic E-state index is 9.33. The van der Waals surface area contributed by atoms with E-state index in [4.69, 9.17) is 4.42 Å². The van der Waals surface area contributed by atoms with Crippen LogP contribution >= 0.6 is 0 Å². The van der Waals surface area contributed by atoms with Crippen molar-refractivity contribution in [2.45, 2.75) is 64.2 Å². The molecule has 0 N–H and O–H groups in total. The largest absolute Gasteiger partial charge is 0.421 e. The normalized spacial score (nSPS) is 15.8. The van der Waals surface area contributed by atoms with Crippen LogP contribution in [0.5, 0.6) is 0 Å². The first-order chi connectivity index (χ1) is 12.9. The number of aromatic nitrogens is 1. The number of hydrogen-bond donors (Lipinski definition) is 0. The lowest BCUT2D eigenvalue weighted by atomic mass is 9.84. The van der Waals surface area contributed by atoms with Crippen LogP contribution in [0.15, 0.2) is 33.8 Å². The zero-order valence-corrected chi connectivity index (χ0v) is 16.7. The smallest absolute Gasteiger partial charge is 0.254 e. The van der Waals surface area contributed by atoms with E-state index in [2.05, 4.69) is 40.4 Å². The second kappa shape index (κ2) is 7.96. The van der Waals surface area contributed by atoms with E-state index in [-0.39, 0.29) is 11.1 Å². The van der Waals surface area contributed by atoms with Gasteiger partial charge in [-0.25, -0.2) is 5.01 Å². The minimum absolute atomic E-state index is 0.257. The fourth-order valence-corrected chi connectivity index (χ4v) is 3.42. The molecule has 0 saturated heterocycles. The summed E-state index contributed by atoms with van der Waals surface area (Å²) in [5.74, 6) is 1.61. The molecule has 5 heteroatoms. The molecule has 5 nitrogen and oxygen atoms in total. The highest BCUT2D eigenvalue weighted by Crippen LogP contribution is 2.32. The van der Waals surface area contributed by atoms with Gasteiger partial charge in [-0.1, -0.05) is 64.3 Å². The number of anilines is 1. The molecule has 0 radical (unpaired) electrons. The van der Waals surface area contributed by atoms with Crippen molar-refractivity contribution in [3.05, 3.63) is 47.0 Å². The summed E-state index contributed by atoms with van der Waals surface area (Å²) >= 11 is 0. The number of hydrogen-bond acceptors (Lipinski definition) is 5. The number of nitriles is 1. The maximum Gasteiger partial charge on any atom is 0.254 e. The monoisotopic (exact) mass is 364 g/mol. The number of oxazole rings is 1. The van der Waals surface area contributed by atoms with Gasteiger partial charge in [0.15, 0.2) is 0 Å². The van der Waals surface area contributed by atoms with Crippen LogP contribution in [0.4, 0.5) is 5.88 Å². The first kappa shape index (κ1) is 19.2. The van der Waals surface area contributed by atoms with E-state index in [0.29, 0.717) is 17.7 Å². The maximum absolute atomic E-state index is 9.33. The summed E-state index contributed by atoms with van der Waals surface area (Å²) < 4.78 is 5.80. The molecular weight excluding hydrogens is 336 g/mol. The predicted molar refractivity (Wildman–Crippen MR) is 108 cm³/mol. The standard InChI is InChI=1S/C22H28N4O/c1-22(2,3)21-25-19(14-23)20(27-21)26(4)24-15-16-10-12-18(13-11-16)17-8-6-5-7-9-17/h10-13,15,17H,5-9H2,1-4H3. The zero-order chi connectivity index (χ0) is 19.4. The molecule has 0 aliphatic heterocycles. The average molecular weight is 364 g/mol. The highest BCUT2D eigenvalue weighted by Gasteiger charge is 2.25. The van der Waals surface area contributed by atoms with Crippen LogP contribution in [-0.2, 0) is 5.41 Å². The number of benzene rings is 1. The van der Waals surface area contributed by atoms with Crippen LogP contribution in [0.1, 0.15) is 81.5 Å². The number of nitrogens with zero attached hydrogens (tertiary/aromatic N) is 4. The third kappa shape index (κ3) is 4.57. The van der Waals surface area contributed by atoms with E-state index < -0.39 is 0 Å². The van der Waals surface area contributed by atoms with Crippen LogP contribution in [0.3, 0.4) is 0 Å². The number of rotatable bonds is 4. The van der Waals surface area contributed by atoms with Crippen LogP contribution in [-0.4, -0.2) is 18.2 Å². The summed E-state index contributed by atoms with van der Waals surface area (Å²) in [5, 5.41) is 15.3. The molecule has 27 heavy (non-hydrogen) atoms. The Balaban J connectivity index is 1.72. The Morgan fingerprint density at radius 2 is 1.85 bits per heavy atom. The number of hydrazone groups is 1. The summed E-state index contributed by atoms with van der Waals surface area (Å²) in [6.07, 6.45) is 8.44. The van der Waals surface area contributed by atoms with Crippen molar-refractivity contribution in [1.82, 2.24) is 4.98 Å². The SMILES string of the molecule is CN(N=Cc1ccc(C2CCCCC2)cc1)c1oc(C(C)(C)C)nc1C#N. The van der Waals surface area contributed by atoms with Gasteiger partial charge in [-0.05, 0) is 29.9 Å². The van der Waals surface area contributed by atoms with Gasteiger partial charge < -0.3 is 4.42 Å². The third-order valence-corrected chi connectivity index (χ3v) is 5.04. The second-order valence-corrected chi connectivity index (χ2v) is 8.30. The Kier molecular flexibility index (Phi) is 5.65. The van der Waals surface area contributed by atoms with Gasteiger partial charge in [0.2, 0.25) is 11.6 Å². The minimum atomic E-state index is -0.261. The van der Waals surface area contributed by atoms with E-state index in [1.807, 2.05) is 20.8 Å². The van der Waals surface area contributed by atoms with Gasteiger partial charge in [-0.3, -0.25) is 0 Å². The summed E-state index contributed by atoms with van der Waals surface area (Å²) in [6.45, 7) is 6.00. The van der Waals surface area contributed by atoms with E-state index in [0.717, 1.165) is 5.56 Å². The molecule has 1 aromatic heterocycles. The molecule has 3 rings (SSSR count). The summed E-state index contributed by atoms with van der Waals surface area (Å²) in [6, 6.07) is 10.7. The van der Waals surface area contributed by atoms with E-state index in [1.165, 1.54) is 37.7 Å². The minimum Gasteiger partial charge on any atom is -0.421 e. The lowest BCUT2D eigenvalue weighted by molar-refractivity contribution is 0.394. The first-order valence-electron chi connectivity index (χ1n) is 9.67. The van der Waals surface area contributed by atoms with Crippen molar-refractivity contribution in [1.29, 1.82) is 5.26 Å². The molecule has 1 aliphatic carbocycles. The van der Waals surface area contributed by atoms with Crippen molar-refractivity contribution in [3.8, 4) is 6.07 Å². The predicted octanol–water partition coefficient (Wildman–Crippen LogP) is 5.36. The summed E-state index contributed by atoms with van der Waals surface area (Å²) in [5.41, 5.74) is 2.45. The molecule has 2 aromatic rings. The Bertz CT molecular complexity index is 831. The first-order valence-corrected chi connectivity index (χ1v) is 9.67. The fourth-order valence-electron chi connectivity index (χ4n) is 3.42. The van der Waals surface area contributed by atoms with Gasteiger partial charge in [0.1, 0.15) is 6.07 Å². The van der Waals surface area contributed by atoms with Crippen LogP contribution in [0.25, 0.3) is 0 Å². The lowest BCUT2D eigenvalue weighted by Crippen LogP contribution is -2.11. The van der Waals surface area contributed by atoms with Crippen molar-refractivity contribution >= 4 is 12.1 Å². The van der Waals surface area contributed by atoms with E-state index in [1.54, 1.807) is 18.3 Å². The molecule has 0 unspecified atom stereocenters. The average Bonchev–Trinajstić information content (AvgIpc) is 3.12. The van der Waals surface area contributed by atoms with Crippen LogP contribution in [0, 0.1) is 11.3 Å². The van der Waals surface area contributed by atoms with Crippen molar-refractivity contribution in [2.75, 3.05) is 12.1 Å². The van der Waals surface area contributed by atoms with E-state index in [9.17, 15) is 5.26 Å². The molecule has 1 aromatic carbocycles. The molecule has 0 atom stereocenters. The van der Waals surface area contributed by atoms with Gasteiger partial charge in [0, 0.05) is 12.5 Å². The van der Waals surface area contributed by atoms with Gasteiger partial charge in [-0.2, -0.15) is 15.3 Å². The zero-order valence-electron chi connectivity index (χ0n) is 16.7. The Morgan fingerprint density at radius 1 is 1.19 bits per heavy atom. The summed E-state index contributed by atoms with van der Waals surface area (Å²) in [7, 11) is 1.76. The van der Waals surface area contributed by atoms with Crippen molar-refractivity contribution in [2.24, 2.45) is 5.10 Å². The molecule has 142 valence electrons. The highest BCUT2D eigenvalue weighted by molar-refractivity contribution is 5.80. The van der Waals surface area contributed by atoms with Gasteiger partial charge in [0.05, 0.1) is 6.21 Å². The molecule has 1 aliphatic rings. The Labute approximate surface area is 161 Å². The van der Waals surface area contributed by atoms with Crippen molar-refractivity contribution in [3.63, 3.8) is 0 Å². The highest BCUT2D eigenvalue weighted by atomic mass is 16.4. The molecule has 0 bridgehead atoms. The van der Waals surface area contributed by atoms with Crippen molar-refractivity contribution < 1.29 is 4.42 Å². The molecular formula is C22H28N4O. The van der Waals surface area contributed by atoms with Gasteiger partial charge >= 0.3 is 0 Å². The molecule has 1 saturated carbocycles. The third-order valence-electron chi connectivity index (χ3n) is 5.04. The molecule has 0 amide bonds. The molecule has 1 fully saturated rings. The molecule has 0 spiro atoms. The van der Waals surface area contributed by atoms with Crippen LogP contribution in [0.2, 0.25) is 0 Å². The Hall–Kier alpha value is -2.61. The quantitative estimate of drug-likeness (QED) is 0.541. The molecule has 1 heterocycles. The lowest BCUT2D eigenvalue weighted by Gasteiger charge is -2.21. The van der Waals surface area contributed by atoms with Crippen LogP contribution < -0.4 is 5.01 Å². The second-order valence-electron chi connectivity index (χ2n) is 8.30. The van der Waals surface area contributed by atoms with E-state index >= 15 is 0 Å². The van der Waals surface area contributed by atoms with Gasteiger partial charge in [0.25, 0.3) is 5.88 Å².